The van der Waals surface area contributed by atoms with Gasteiger partial charge in [0.25, 0.3) is 5.91 Å². The molecule has 170 valence electrons. The van der Waals surface area contributed by atoms with Gasteiger partial charge in [-0.2, -0.15) is 0 Å². The van der Waals surface area contributed by atoms with Crippen LogP contribution in [0, 0.1) is 5.92 Å². The molecule has 0 spiro atoms. The number of fused-ring (bicyclic) bond motifs is 1. The molecule has 0 radical (unpaired) electrons. The molecular weight excluding hydrogens is 404 g/mol. The molecule has 7 heteroatoms. The van der Waals surface area contributed by atoms with E-state index in [4.69, 9.17) is 9.47 Å². The lowest BCUT2D eigenvalue weighted by atomic mass is 9.93. The molecule has 5 rings (SSSR count). The van der Waals surface area contributed by atoms with Crippen molar-refractivity contribution in [3.63, 3.8) is 0 Å². The van der Waals surface area contributed by atoms with Crippen molar-refractivity contribution in [2.24, 2.45) is 5.92 Å². The smallest absolute Gasteiger partial charge is 0.251 e. The molecule has 1 aromatic heterocycles. The van der Waals surface area contributed by atoms with Crippen LogP contribution in [0.3, 0.4) is 0 Å². The maximum Gasteiger partial charge on any atom is 0.251 e. The molecule has 2 saturated heterocycles. The summed E-state index contributed by atoms with van der Waals surface area (Å²) >= 11 is 0. The SMILES string of the molecule is O=C(NC[C@@H]1CCCN(C2CCN(Cc3ccccn3)CC2)C1)c1ccc2c(c1)OCO2. The fourth-order valence-electron chi connectivity index (χ4n) is 5.14. The number of carbonyl (C=O) groups excluding carboxylic acids is 1. The molecule has 0 bridgehead atoms. The van der Waals surface area contributed by atoms with Crippen molar-refractivity contribution in [2.75, 3.05) is 39.5 Å². The molecule has 3 aliphatic rings. The van der Waals surface area contributed by atoms with E-state index in [0.717, 1.165) is 38.4 Å². The predicted octanol–water partition coefficient (Wildman–Crippen LogP) is 2.92. The number of likely N-dealkylation sites (tertiary alicyclic amines) is 2. The van der Waals surface area contributed by atoms with Crippen LogP contribution in [-0.4, -0.2) is 66.2 Å². The molecule has 3 aliphatic heterocycles. The molecule has 1 amide bonds. The Kier molecular flexibility index (Phi) is 6.55. The van der Waals surface area contributed by atoms with E-state index in [0.29, 0.717) is 29.0 Å². The maximum absolute atomic E-state index is 12.6. The molecule has 1 N–H and O–H groups in total. The van der Waals surface area contributed by atoms with Gasteiger partial charge in [-0.05, 0) is 68.5 Å². The van der Waals surface area contributed by atoms with Crippen LogP contribution in [0.2, 0.25) is 0 Å². The monoisotopic (exact) mass is 436 g/mol. The molecule has 0 aliphatic carbocycles. The number of carbonyl (C=O) groups is 1. The van der Waals surface area contributed by atoms with E-state index in [9.17, 15) is 4.79 Å². The predicted molar refractivity (Wildman–Crippen MR) is 122 cm³/mol. The van der Waals surface area contributed by atoms with Crippen LogP contribution in [0.5, 0.6) is 11.5 Å². The Balaban J connectivity index is 1.07. The van der Waals surface area contributed by atoms with Crippen molar-refractivity contribution in [3.05, 3.63) is 53.9 Å². The second-order valence-electron chi connectivity index (χ2n) is 9.11. The first kappa shape index (κ1) is 21.2. The fraction of sp³-hybridized carbons (Fsp3) is 0.520. The Morgan fingerprint density at radius 2 is 1.94 bits per heavy atom. The third kappa shape index (κ3) is 5.05. The molecule has 1 atom stereocenters. The largest absolute Gasteiger partial charge is 0.454 e. The Morgan fingerprint density at radius 1 is 1.06 bits per heavy atom. The number of pyridine rings is 1. The summed E-state index contributed by atoms with van der Waals surface area (Å²) in [7, 11) is 0. The van der Waals surface area contributed by atoms with Crippen LogP contribution in [0.25, 0.3) is 0 Å². The molecule has 4 heterocycles. The Morgan fingerprint density at radius 3 is 2.78 bits per heavy atom. The Hall–Kier alpha value is -2.64. The summed E-state index contributed by atoms with van der Waals surface area (Å²) in [5, 5.41) is 3.14. The number of nitrogens with zero attached hydrogens (tertiary/aromatic N) is 3. The van der Waals surface area contributed by atoms with Gasteiger partial charge in [0.2, 0.25) is 6.79 Å². The first-order chi connectivity index (χ1) is 15.7. The van der Waals surface area contributed by atoms with Crippen LogP contribution in [-0.2, 0) is 6.54 Å². The third-order valence-electron chi connectivity index (χ3n) is 6.92. The molecule has 7 nitrogen and oxygen atoms in total. The van der Waals surface area contributed by atoms with Crippen LogP contribution < -0.4 is 14.8 Å². The first-order valence-corrected chi connectivity index (χ1v) is 11.8. The van der Waals surface area contributed by atoms with Crippen LogP contribution in [0.15, 0.2) is 42.6 Å². The standard InChI is InChI=1S/C25H32N4O3/c30-25(20-6-7-23-24(14-20)32-18-31-23)27-15-19-4-3-11-29(16-19)22-8-12-28(13-9-22)17-21-5-1-2-10-26-21/h1-2,5-7,10,14,19,22H,3-4,8-9,11-13,15-18H2,(H,27,30)/t19-/m0/s1. The summed E-state index contributed by atoms with van der Waals surface area (Å²) in [4.78, 5) is 22.3. The van der Waals surface area contributed by atoms with Gasteiger partial charge in [0.15, 0.2) is 11.5 Å². The number of piperidine rings is 2. The maximum atomic E-state index is 12.6. The van der Waals surface area contributed by atoms with Crippen molar-refractivity contribution in [1.82, 2.24) is 20.1 Å². The highest BCUT2D eigenvalue weighted by molar-refractivity contribution is 5.94. The summed E-state index contributed by atoms with van der Waals surface area (Å²) in [6.07, 6.45) is 6.68. The quantitative estimate of drug-likeness (QED) is 0.751. The van der Waals surface area contributed by atoms with Gasteiger partial charge in [0.05, 0.1) is 5.69 Å². The number of aromatic nitrogens is 1. The number of ether oxygens (including phenoxy) is 2. The van der Waals surface area contributed by atoms with Crippen molar-refractivity contribution in [3.8, 4) is 11.5 Å². The number of rotatable bonds is 6. The van der Waals surface area contributed by atoms with Crippen molar-refractivity contribution >= 4 is 5.91 Å². The van der Waals surface area contributed by atoms with Gasteiger partial charge in [-0.3, -0.25) is 19.6 Å². The van der Waals surface area contributed by atoms with Gasteiger partial charge in [-0.15, -0.1) is 0 Å². The van der Waals surface area contributed by atoms with Crippen LogP contribution in [0.1, 0.15) is 41.7 Å². The summed E-state index contributed by atoms with van der Waals surface area (Å²) in [5.74, 6) is 1.82. The first-order valence-electron chi connectivity index (χ1n) is 11.8. The van der Waals surface area contributed by atoms with Gasteiger partial charge in [0.1, 0.15) is 0 Å². The molecule has 2 aromatic rings. The average molecular weight is 437 g/mol. The highest BCUT2D eigenvalue weighted by Crippen LogP contribution is 2.32. The minimum absolute atomic E-state index is 0.0387. The Labute approximate surface area is 189 Å². The summed E-state index contributed by atoms with van der Waals surface area (Å²) in [5.41, 5.74) is 1.78. The Bertz CT molecular complexity index is 915. The molecule has 2 fully saturated rings. The normalized spacial score (nSPS) is 22.1. The van der Waals surface area contributed by atoms with Gasteiger partial charge in [0, 0.05) is 50.5 Å². The van der Waals surface area contributed by atoms with E-state index in [2.05, 4.69) is 32.2 Å². The summed E-state index contributed by atoms with van der Waals surface area (Å²) in [6.45, 7) is 6.40. The van der Waals surface area contributed by atoms with E-state index >= 15 is 0 Å². The molecular formula is C25H32N4O3. The zero-order chi connectivity index (χ0) is 21.8. The summed E-state index contributed by atoms with van der Waals surface area (Å²) < 4.78 is 10.7. The number of hydrogen-bond acceptors (Lipinski definition) is 6. The third-order valence-corrected chi connectivity index (χ3v) is 6.92. The van der Waals surface area contributed by atoms with Crippen molar-refractivity contribution in [1.29, 1.82) is 0 Å². The van der Waals surface area contributed by atoms with E-state index in [-0.39, 0.29) is 12.7 Å². The van der Waals surface area contributed by atoms with Crippen LogP contribution >= 0.6 is 0 Å². The zero-order valence-electron chi connectivity index (χ0n) is 18.5. The fourth-order valence-corrected chi connectivity index (χ4v) is 5.14. The van der Waals surface area contributed by atoms with Crippen molar-refractivity contribution < 1.29 is 14.3 Å². The van der Waals surface area contributed by atoms with E-state index in [1.54, 1.807) is 18.2 Å². The zero-order valence-corrected chi connectivity index (χ0v) is 18.5. The lowest BCUT2D eigenvalue weighted by Crippen LogP contribution is -2.49. The highest BCUT2D eigenvalue weighted by atomic mass is 16.7. The number of amides is 1. The minimum atomic E-state index is -0.0387. The van der Waals surface area contributed by atoms with Gasteiger partial charge in [-0.1, -0.05) is 6.07 Å². The second-order valence-corrected chi connectivity index (χ2v) is 9.11. The van der Waals surface area contributed by atoms with Gasteiger partial charge >= 0.3 is 0 Å². The second kappa shape index (κ2) is 9.88. The minimum Gasteiger partial charge on any atom is -0.454 e. The molecule has 0 unspecified atom stereocenters. The topological polar surface area (TPSA) is 66.9 Å². The van der Waals surface area contributed by atoms with Crippen molar-refractivity contribution in [2.45, 2.75) is 38.3 Å². The lowest BCUT2D eigenvalue weighted by molar-refractivity contribution is 0.0671. The van der Waals surface area contributed by atoms with E-state index < -0.39 is 0 Å². The van der Waals surface area contributed by atoms with Gasteiger partial charge in [-0.25, -0.2) is 0 Å². The molecule has 1 aromatic carbocycles. The van der Waals surface area contributed by atoms with Crippen LogP contribution in [0.4, 0.5) is 0 Å². The number of hydrogen-bond donors (Lipinski definition) is 1. The van der Waals surface area contributed by atoms with E-state index in [1.165, 1.54) is 32.2 Å². The molecule has 0 saturated carbocycles. The molecule has 32 heavy (non-hydrogen) atoms. The van der Waals surface area contributed by atoms with Gasteiger partial charge < -0.3 is 14.8 Å². The summed E-state index contributed by atoms with van der Waals surface area (Å²) in [6, 6.07) is 12.2. The number of nitrogens with one attached hydrogen (secondary N) is 1. The number of benzene rings is 1. The lowest BCUT2D eigenvalue weighted by Gasteiger charge is -2.42. The van der Waals surface area contributed by atoms with E-state index in [1.807, 2.05) is 12.3 Å². The average Bonchev–Trinajstić information content (AvgIpc) is 3.32. The highest BCUT2D eigenvalue weighted by Gasteiger charge is 2.29.